The quantitative estimate of drug-likeness (QED) is 0.710. The summed E-state index contributed by atoms with van der Waals surface area (Å²) in [6, 6.07) is 0.524. The molecule has 1 amide bonds. The van der Waals surface area contributed by atoms with Crippen molar-refractivity contribution in [1.82, 2.24) is 10.6 Å². The Morgan fingerprint density at radius 3 is 2.47 bits per heavy atom. The zero-order valence-electron chi connectivity index (χ0n) is 13.0. The Morgan fingerprint density at radius 2 is 1.89 bits per heavy atom. The minimum Gasteiger partial charge on any atom is -0.355 e. The third-order valence-electron chi connectivity index (χ3n) is 4.23. The summed E-state index contributed by atoms with van der Waals surface area (Å²) in [6.45, 7) is 7.87. The molecule has 0 saturated heterocycles. The van der Waals surface area contributed by atoms with Gasteiger partial charge in [-0.3, -0.25) is 4.79 Å². The molecule has 1 fully saturated rings. The molecular formula is C16H32N2O. The monoisotopic (exact) mass is 268 g/mol. The van der Waals surface area contributed by atoms with E-state index in [0.717, 1.165) is 25.3 Å². The largest absolute Gasteiger partial charge is 0.355 e. The molecule has 3 heteroatoms. The molecule has 0 aliphatic heterocycles. The van der Waals surface area contributed by atoms with Crippen molar-refractivity contribution in [3.63, 3.8) is 0 Å². The van der Waals surface area contributed by atoms with Crippen LogP contribution >= 0.6 is 0 Å². The molecule has 3 nitrogen and oxygen atoms in total. The molecule has 0 radical (unpaired) electrons. The predicted molar refractivity (Wildman–Crippen MR) is 81.1 cm³/mol. The lowest BCUT2D eigenvalue weighted by Crippen LogP contribution is -2.43. The van der Waals surface area contributed by atoms with Gasteiger partial charge in [-0.05, 0) is 37.5 Å². The van der Waals surface area contributed by atoms with E-state index < -0.39 is 0 Å². The Hall–Kier alpha value is -0.570. The van der Waals surface area contributed by atoms with E-state index in [2.05, 4.69) is 31.4 Å². The van der Waals surface area contributed by atoms with E-state index in [1.165, 1.54) is 32.1 Å². The SMILES string of the molecule is CCC(NCC(=O)NCCC(C)C)C1CCCCC1. The number of hydrogen-bond acceptors (Lipinski definition) is 2. The van der Waals surface area contributed by atoms with Gasteiger partial charge in [0.15, 0.2) is 0 Å². The van der Waals surface area contributed by atoms with E-state index in [9.17, 15) is 4.79 Å². The third kappa shape index (κ3) is 6.95. The first-order chi connectivity index (χ1) is 9.13. The van der Waals surface area contributed by atoms with Crippen LogP contribution in [-0.4, -0.2) is 25.0 Å². The fourth-order valence-corrected chi connectivity index (χ4v) is 2.97. The molecule has 1 unspecified atom stereocenters. The Kier molecular flexibility index (Phi) is 8.11. The molecular weight excluding hydrogens is 236 g/mol. The van der Waals surface area contributed by atoms with Gasteiger partial charge in [-0.2, -0.15) is 0 Å². The molecule has 19 heavy (non-hydrogen) atoms. The molecule has 1 rings (SSSR count). The molecule has 0 bridgehead atoms. The number of carbonyl (C=O) groups is 1. The third-order valence-corrected chi connectivity index (χ3v) is 4.23. The van der Waals surface area contributed by atoms with E-state index in [-0.39, 0.29) is 5.91 Å². The van der Waals surface area contributed by atoms with Crippen molar-refractivity contribution in [1.29, 1.82) is 0 Å². The summed E-state index contributed by atoms with van der Waals surface area (Å²) in [5.41, 5.74) is 0. The number of nitrogens with one attached hydrogen (secondary N) is 2. The number of rotatable bonds is 8. The van der Waals surface area contributed by atoms with Crippen LogP contribution < -0.4 is 10.6 Å². The summed E-state index contributed by atoms with van der Waals surface area (Å²) in [5.74, 6) is 1.58. The predicted octanol–water partition coefficient (Wildman–Crippen LogP) is 3.10. The fraction of sp³-hybridized carbons (Fsp3) is 0.938. The highest BCUT2D eigenvalue weighted by molar-refractivity contribution is 5.77. The van der Waals surface area contributed by atoms with E-state index >= 15 is 0 Å². The zero-order valence-corrected chi connectivity index (χ0v) is 13.0. The van der Waals surface area contributed by atoms with E-state index in [0.29, 0.717) is 18.5 Å². The molecule has 0 aromatic carbocycles. The van der Waals surface area contributed by atoms with Crippen molar-refractivity contribution in [2.24, 2.45) is 11.8 Å². The Bertz CT molecular complexity index is 247. The van der Waals surface area contributed by atoms with Gasteiger partial charge in [0.05, 0.1) is 6.54 Å². The smallest absolute Gasteiger partial charge is 0.233 e. The summed E-state index contributed by atoms with van der Waals surface area (Å²) in [6.07, 6.45) is 8.98. The normalized spacial score (nSPS) is 18.5. The van der Waals surface area contributed by atoms with Gasteiger partial charge in [0.1, 0.15) is 0 Å². The van der Waals surface area contributed by atoms with Crippen molar-refractivity contribution in [3.05, 3.63) is 0 Å². The minimum absolute atomic E-state index is 0.148. The van der Waals surface area contributed by atoms with Crippen molar-refractivity contribution < 1.29 is 4.79 Å². The molecule has 1 atom stereocenters. The van der Waals surface area contributed by atoms with Crippen LogP contribution in [0.5, 0.6) is 0 Å². The Morgan fingerprint density at radius 1 is 1.21 bits per heavy atom. The first kappa shape index (κ1) is 16.5. The zero-order chi connectivity index (χ0) is 14.1. The van der Waals surface area contributed by atoms with E-state index in [1.54, 1.807) is 0 Å². The molecule has 1 saturated carbocycles. The second-order valence-electron chi connectivity index (χ2n) is 6.33. The maximum absolute atomic E-state index is 11.8. The number of carbonyl (C=O) groups excluding carboxylic acids is 1. The topological polar surface area (TPSA) is 41.1 Å². The Balaban J connectivity index is 2.18. The highest BCUT2D eigenvalue weighted by Gasteiger charge is 2.22. The summed E-state index contributed by atoms with van der Waals surface area (Å²) in [7, 11) is 0. The lowest BCUT2D eigenvalue weighted by Gasteiger charge is -2.30. The highest BCUT2D eigenvalue weighted by atomic mass is 16.1. The maximum Gasteiger partial charge on any atom is 0.233 e. The average molecular weight is 268 g/mol. The highest BCUT2D eigenvalue weighted by Crippen LogP contribution is 2.27. The van der Waals surface area contributed by atoms with E-state index in [4.69, 9.17) is 0 Å². The second kappa shape index (κ2) is 9.35. The van der Waals surface area contributed by atoms with Gasteiger partial charge >= 0.3 is 0 Å². The van der Waals surface area contributed by atoms with Crippen LogP contribution in [0.2, 0.25) is 0 Å². The van der Waals surface area contributed by atoms with Crippen LogP contribution in [0.15, 0.2) is 0 Å². The molecule has 0 heterocycles. The van der Waals surface area contributed by atoms with E-state index in [1.807, 2.05) is 0 Å². The lowest BCUT2D eigenvalue weighted by atomic mass is 9.83. The van der Waals surface area contributed by atoms with Gasteiger partial charge in [0, 0.05) is 12.6 Å². The molecule has 0 aromatic heterocycles. The number of amides is 1. The Labute approximate surface area is 118 Å². The van der Waals surface area contributed by atoms with Crippen LogP contribution in [0.1, 0.15) is 65.7 Å². The van der Waals surface area contributed by atoms with Gasteiger partial charge in [0.25, 0.3) is 0 Å². The van der Waals surface area contributed by atoms with Gasteiger partial charge in [-0.25, -0.2) is 0 Å². The van der Waals surface area contributed by atoms with Gasteiger partial charge in [-0.1, -0.05) is 40.0 Å². The van der Waals surface area contributed by atoms with Gasteiger partial charge in [0.2, 0.25) is 5.91 Å². The minimum atomic E-state index is 0.148. The molecule has 112 valence electrons. The van der Waals surface area contributed by atoms with Crippen LogP contribution in [0, 0.1) is 11.8 Å². The van der Waals surface area contributed by atoms with Crippen molar-refractivity contribution in [3.8, 4) is 0 Å². The molecule has 2 N–H and O–H groups in total. The molecule has 1 aliphatic rings. The molecule has 0 spiro atoms. The molecule has 0 aromatic rings. The summed E-state index contributed by atoms with van der Waals surface area (Å²) in [5, 5.41) is 6.46. The second-order valence-corrected chi connectivity index (χ2v) is 6.33. The lowest BCUT2D eigenvalue weighted by molar-refractivity contribution is -0.120. The summed E-state index contributed by atoms with van der Waals surface area (Å²) < 4.78 is 0. The first-order valence-electron chi connectivity index (χ1n) is 8.13. The number of hydrogen-bond donors (Lipinski definition) is 2. The average Bonchev–Trinajstić information content (AvgIpc) is 2.40. The van der Waals surface area contributed by atoms with Crippen molar-refractivity contribution in [2.45, 2.75) is 71.8 Å². The first-order valence-corrected chi connectivity index (χ1v) is 8.13. The standard InChI is InChI=1S/C16H32N2O/c1-4-15(14-8-6-5-7-9-14)18-12-16(19)17-11-10-13(2)3/h13-15,18H,4-12H2,1-3H3,(H,17,19). The van der Waals surface area contributed by atoms with Crippen LogP contribution in [0.25, 0.3) is 0 Å². The molecule has 1 aliphatic carbocycles. The summed E-state index contributed by atoms with van der Waals surface area (Å²) in [4.78, 5) is 11.8. The van der Waals surface area contributed by atoms with Crippen molar-refractivity contribution in [2.75, 3.05) is 13.1 Å². The van der Waals surface area contributed by atoms with Crippen LogP contribution in [-0.2, 0) is 4.79 Å². The summed E-state index contributed by atoms with van der Waals surface area (Å²) >= 11 is 0. The van der Waals surface area contributed by atoms with Crippen molar-refractivity contribution >= 4 is 5.91 Å². The van der Waals surface area contributed by atoms with Crippen LogP contribution in [0.3, 0.4) is 0 Å². The fourth-order valence-electron chi connectivity index (χ4n) is 2.97. The van der Waals surface area contributed by atoms with Gasteiger partial charge < -0.3 is 10.6 Å². The maximum atomic E-state index is 11.8. The van der Waals surface area contributed by atoms with Gasteiger partial charge in [-0.15, -0.1) is 0 Å². The van der Waals surface area contributed by atoms with Crippen LogP contribution in [0.4, 0.5) is 0 Å².